The molecule has 0 aliphatic rings. The number of nitrogens with one attached hydrogen (secondary N) is 1. The number of rotatable bonds is 3. The zero-order valence-corrected chi connectivity index (χ0v) is 12.6. The van der Waals surface area contributed by atoms with Gasteiger partial charge >= 0.3 is 0 Å². The summed E-state index contributed by atoms with van der Waals surface area (Å²) in [5.41, 5.74) is 2.55. The Bertz CT molecular complexity index is 754. The number of nitrogens with zero attached hydrogens (tertiary/aromatic N) is 3. The lowest BCUT2D eigenvalue weighted by atomic mass is 10.2. The molecule has 0 saturated heterocycles. The van der Waals surface area contributed by atoms with Gasteiger partial charge in [-0.3, -0.25) is 9.78 Å². The third kappa shape index (κ3) is 2.64. The maximum Gasteiger partial charge on any atom is 0.253 e. The summed E-state index contributed by atoms with van der Waals surface area (Å²) >= 11 is 2.22. The van der Waals surface area contributed by atoms with Gasteiger partial charge in [0.2, 0.25) is 0 Å². The van der Waals surface area contributed by atoms with Crippen molar-refractivity contribution in [1.82, 2.24) is 19.9 Å². The van der Waals surface area contributed by atoms with Crippen molar-refractivity contribution < 1.29 is 4.79 Å². The van der Waals surface area contributed by atoms with Crippen LogP contribution in [-0.2, 0) is 6.54 Å². The van der Waals surface area contributed by atoms with Gasteiger partial charge in [0.05, 0.1) is 20.8 Å². The number of hydrogen-bond donors (Lipinski definition) is 1. The van der Waals surface area contributed by atoms with Crippen LogP contribution in [-0.4, -0.2) is 20.5 Å². The first-order valence-electron chi connectivity index (χ1n) is 6.04. The molecule has 5 nitrogen and oxygen atoms in total. The molecule has 0 spiro atoms. The SMILES string of the molecule is O=C(NCc1cccnc1)c1ccc2c(I)cnn2c1. The highest BCUT2D eigenvalue weighted by Gasteiger charge is 2.08. The van der Waals surface area contributed by atoms with E-state index in [1.165, 1.54) is 0 Å². The highest BCUT2D eigenvalue weighted by atomic mass is 127. The first kappa shape index (κ1) is 13.0. The molecule has 6 heteroatoms. The maximum atomic E-state index is 12.1. The minimum Gasteiger partial charge on any atom is -0.348 e. The molecule has 1 N–H and O–H groups in total. The van der Waals surface area contributed by atoms with E-state index in [1.54, 1.807) is 35.4 Å². The molecule has 0 aromatic carbocycles. The average Bonchev–Trinajstić information content (AvgIpc) is 2.87. The van der Waals surface area contributed by atoms with Gasteiger partial charge in [0.15, 0.2) is 0 Å². The summed E-state index contributed by atoms with van der Waals surface area (Å²) in [6.45, 7) is 0.460. The molecule has 0 bridgehead atoms. The Morgan fingerprint density at radius 3 is 3.00 bits per heavy atom. The average molecular weight is 378 g/mol. The molecule has 3 rings (SSSR count). The molecule has 0 unspecified atom stereocenters. The van der Waals surface area contributed by atoms with Gasteiger partial charge in [-0.1, -0.05) is 6.07 Å². The van der Waals surface area contributed by atoms with Crippen LogP contribution in [0.2, 0.25) is 0 Å². The molecule has 0 aliphatic heterocycles. The van der Waals surface area contributed by atoms with Gasteiger partial charge in [-0.25, -0.2) is 4.52 Å². The molecule has 0 radical (unpaired) electrons. The van der Waals surface area contributed by atoms with E-state index in [4.69, 9.17) is 0 Å². The number of carbonyl (C=O) groups is 1. The van der Waals surface area contributed by atoms with E-state index in [2.05, 4.69) is 38.0 Å². The van der Waals surface area contributed by atoms with Crippen LogP contribution in [0, 0.1) is 3.57 Å². The van der Waals surface area contributed by atoms with Gasteiger partial charge in [-0.2, -0.15) is 5.10 Å². The summed E-state index contributed by atoms with van der Waals surface area (Å²) in [5.74, 6) is -0.124. The fraction of sp³-hybridized carbons (Fsp3) is 0.0714. The van der Waals surface area contributed by atoms with Crippen LogP contribution >= 0.6 is 22.6 Å². The number of pyridine rings is 2. The van der Waals surface area contributed by atoms with Crippen molar-refractivity contribution in [1.29, 1.82) is 0 Å². The maximum absolute atomic E-state index is 12.1. The van der Waals surface area contributed by atoms with Crippen LogP contribution in [0.3, 0.4) is 0 Å². The molecule has 3 heterocycles. The fourth-order valence-corrected chi connectivity index (χ4v) is 2.43. The van der Waals surface area contributed by atoms with Crippen LogP contribution in [0.25, 0.3) is 5.52 Å². The third-order valence-electron chi connectivity index (χ3n) is 2.91. The Kier molecular flexibility index (Phi) is 3.64. The standard InChI is InChI=1S/C14H11IN4O/c15-12-8-18-19-9-11(3-4-13(12)19)14(20)17-7-10-2-1-5-16-6-10/h1-6,8-9H,7H2,(H,17,20). The molecule has 0 atom stereocenters. The van der Waals surface area contributed by atoms with Crippen molar-refractivity contribution in [2.45, 2.75) is 6.54 Å². The van der Waals surface area contributed by atoms with E-state index < -0.39 is 0 Å². The highest BCUT2D eigenvalue weighted by molar-refractivity contribution is 14.1. The smallest absolute Gasteiger partial charge is 0.253 e. The predicted molar refractivity (Wildman–Crippen MR) is 83.3 cm³/mol. The second-order valence-corrected chi connectivity index (χ2v) is 5.45. The van der Waals surface area contributed by atoms with E-state index in [1.807, 2.05) is 18.2 Å². The van der Waals surface area contributed by atoms with Gasteiger partial charge in [0.1, 0.15) is 0 Å². The van der Waals surface area contributed by atoms with Crippen molar-refractivity contribution in [2.75, 3.05) is 0 Å². The Hall–Kier alpha value is -1.96. The number of aromatic nitrogens is 3. The molecule has 3 aromatic rings. The summed E-state index contributed by atoms with van der Waals surface area (Å²) < 4.78 is 2.77. The Balaban J connectivity index is 1.75. The van der Waals surface area contributed by atoms with Crippen LogP contribution in [0.4, 0.5) is 0 Å². The molecule has 0 aliphatic carbocycles. The summed E-state index contributed by atoms with van der Waals surface area (Å²) in [7, 11) is 0. The van der Waals surface area contributed by atoms with E-state index in [0.29, 0.717) is 12.1 Å². The molecular weight excluding hydrogens is 367 g/mol. The summed E-state index contributed by atoms with van der Waals surface area (Å²) in [4.78, 5) is 16.1. The third-order valence-corrected chi connectivity index (χ3v) is 3.74. The number of fused-ring (bicyclic) bond motifs is 1. The summed E-state index contributed by atoms with van der Waals surface area (Å²) in [6.07, 6.45) is 6.95. The molecular formula is C14H11IN4O. The van der Waals surface area contributed by atoms with Crippen molar-refractivity contribution in [3.63, 3.8) is 0 Å². The fourth-order valence-electron chi connectivity index (χ4n) is 1.87. The minimum absolute atomic E-state index is 0.124. The minimum atomic E-state index is -0.124. The first-order chi connectivity index (χ1) is 9.74. The Morgan fingerprint density at radius 2 is 2.20 bits per heavy atom. The Morgan fingerprint density at radius 1 is 1.30 bits per heavy atom. The lowest BCUT2D eigenvalue weighted by molar-refractivity contribution is 0.0950. The van der Waals surface area contributed by atoms with Crippen LogP contribution in [0.15, 0.2) is 49.1 Å². The van der Waals surface area contributed by atoms with Gasteiger partial charge in [-0.05, 0) is 46.4 Å². The van der Waals surface area contributed by atoms with Gasteiger partial charge in [0, 0.05) is 25.1 Å². The molecule has 20 heavy (non-hydrogen) atoms. The lowest BCUT2D eigenvalue weighted by Gasteiger charge is -2.05. The van der Waals surface area contributed by atoms with E-state index in [9.17, 15) is 4.79 Å². The van der Waals surface area contributed by atoms with E-state index >= 15 is 0 Å². The number of amides is 1. The largest absolute Gasteiger partial charge is 0.348 e. The summed E-state index contributed by atoms with van der Waals surface area (Å²) in [5, 5.41) is 7.06. The topological polar surface area (TPSA) is 59.3 Å². The second kappa shape index (κ2) is 5.58. The van der Waals surface area contributed by atoms with Crippen LogP contribution in [0.5, 0.6) is 0 Å². The van der Waals surface area contributed by atoms with Crippen LogP contribution in [0.1, 0.15) is 15.9 Å². The van der Waals surface area contributed by atoms with Crippen molar-refractivity contribution >= 4 is 34.0 Å². The number of halogens is 1. The van der Waals surface area contributed by atoms with E-state index in [0.717, 1.165) is 14.7 Å². The van der Waals surface area contributed by atoms with Crippen LogP contribution < -0.4 is 5.32 Å². The normalized spacial score (nSPS) is 10.7. The highest BCUT2D eigenvalue weighted by Crippen LogP contribution is 2.13. The molecule has 0 fully saturated rings. The molecule has 100 valence electrons. The van der Waals surface area contributed by atoms with Gasteiger partial charge < -0.3 is 5.32 Å². The number of carbonyl (C=O) groups excluding carboxylic acids is 1. The monoisotopic (exact) mass is 378 g/mol. The predicted octanol–water partition coefficient (Wildman–Crippen LogP) is 2.26. The molecule has 0 saturated carbocycles. The molecule has 1 amide bonds. The van der Waals surface area contributed by atoms with Crippen molar-refractivity contribution in [2.24, 2.45) is 0 Å². The molecule has 3 aromatic heterocycles. The summed E-state index contributed by atoms with van der Waals surface area (Å²) in [6, 6.07) is 7.47. The number of hydrogen-bond acceptors (Lipinski definition) is 3. The van der Waals surface area contributed by atoms with E-state index in [-0.39, 0.29) is 5.91 Å². The lowest BCUT2D eigenvalue weighted by Crippen LogP contribution is -2.23. The van der Waals surface area contributed by atoms with Gasteiger partial charge in [-0.15, -0.1) is 0 Å². The van der Waals surface area contributed by atoms with Crippen molar-refractivity contribution in [3.05, 3.63) is 63.7 Å². The van der Waals surface area contributed by atoms with Gasteiger partial charge in [0.25, 0.3) is 5.91 Å². The second-order valence-electron chi connectivity index (χ2n) is 4.28. The first-order valence-corrected chi connectivity index (χ1v) is 7.12. The Labute approximate surface area is 129 Å². The quantitative estimate of drug-likeness (QED) is 0.712. The zero-order chi connectivity index (χ0) is 13.9. The van der Waals surface area contributed by atoms with Crippen molar-refractivity contribution in [3.8, 4) is 0 Å². The zero-order valence-electron chi connectivity index (χ0n) is 10.5.